The molecule has 0 N–H and O–H groups in total. The zero-order chi connectivity index (χ0) is 7.56. The predicted octanol–water partition coefficient (Wildman–Crippen LogP) is 2.11. The van der Waals surface area contributed by atoms with E-state index in [0.717, 1.165) is 11.8 Å². The highest BCUT2D eigenvalue weighted by atomic mass is 15.1. The number of hydrogen-bond donors (Lipinski definition) is 0. The topological polar surface area (TPSA) is 3.24 Å². The van der Waals surface area contributed by atoms with E-state index < -0.39 is 0 Å². The average molecular weight is 139 g/mol. The summed E-state index contributed by atoms with van der Waals surface area (Å²) in [6.45, 7) is 5.81. The van der Waals surface area contributed by atoms with E-state index in [1.54, 1.807) is 0 Å². The van der Waals surface area contributed by atoms with E-state index in [9.17, 15) is 0 Å². The summed E-state index contributed by atoms with van der Waals surface area (Å²) in [4.78, 5) is 2.25. The van der Waals surface area contributed by atoms with Gasteiger partial charge in [0.15, 0.2) is 0 Å². The van der Waals surface area contributed by atoms with E-state index >= 15 is 0 Å². The second kappa shape index (κ2) is 3.09. The molecule has 0 aromatic rings. The maximum absolute atomic E-state index is 2.33. The van der Waals surface area contributed by atoms with Crippen LogP contribution < -0.4 is 0 Å². The largest absolute Gasteiger partial charge is 0.381 e. The molecule has 0 aromatic carbocycles. The van der Waals surface area contributed by atoms with Gasteiger partial charge in [-0.3, -0.25) is 0 Å². The van der Waals surface area contributed by atoms with Gasteiger partial charge in [-0.15, -0.1) is 0 Å². The minimum atomic E-state index is 0.810. The Morgan fingerprint density at radius 1 is 1.50 bits per heavy atom. The maximum Gasteiger partial charge on any atom is 0.0174 e. The van der Waals surface area contributed by atoms with Gasteiger partial charge >= 0.3 is 0 Å². The summed E-state index contributed by atoms with van der Waals surface area (Å²) in [7, 11) is 2.13. The lowest BCUT2D eigenvalue weighted by Gasteiger charge is -2.26. The highest BCUT2D eigenvalue weighted by molar-refractivity contribution is 4.93. The fourth-order valence-corrected chi connectivity index (χ4v) is 1.34. The number of hydrogen-bond acceptors (Lipinski definition) is 1. The van der Waals surface area contributed by atoms with Crippen LogP contribution in [0.15, 0.2) is 12.3 Å². The standard InChI is InChI=1S/C9H17N/c1-8(2)9-4-6-10(3)7-5-9/h4,6,8-9H,5,7H2,1-3H3. The Morgan fingerprint density at radius 2 is 2.20 bits per heavy atom. The molecule has 1 rings (SSSR count). The van der Waals surface area contributed by atoms with Crippen molar-refractivity contribution in [2.24, 2.45) is 11.8 Å². The molecule has 0 saturated carbocycles. The minimum absolute atomic E-state index is 0.810. The van der Waals surface area contributed by atoms with Gasteiger partial charge in [-0.1, -0.05) is 19.9 Å². The number of nitrogens with zero attached hydrogens (tertiary/aromatic N) is 1. The summed E-state index contributed by atoms with van der Waals surface area (Å²) in [6, 6.07) is 0. The lowest BCUT2D eigenvalue weighted by molar-refractivity contribution is 0.329. The van der Waals surface area contributed by atoms with Crippen LogP contribution in [0, 0.1) is 11.8 Å². The molecule has 1 atom stereocenters. The summed E-state index contributed by atoms with van der Waals surface area (Å²) < 4.78 is 0. The lowest BCUT2D eigenvalue weighted by Crippen LogP contribution is -2.22. The molecule has 10 heavy (non-hydrogen) atoms. The van der Waals surface area contributed by atoms with Crippen molar-refractivity contribution >= 4 is 0 Å². The third kappa shape index (κ3) is 1.76. The Kier molecular flexibility index (Phi) is 2.36. The van der Waals surface area contributed by atoms with Crippen molar-refractivity contribution in [1.29, 1.82) is 0 Å². The molecule has 1 heterocycles. The number of rotatable bonds is 1. The Morgan fingerprint density at radius 3 is 2.60 bits per heavy atom. The summed E-state index contributed by atoms with van der Waals surface area (Å²) in [5.74, 6) is 1.63. The Labute approximate surface area is 63.7 Å². The van der Waals surface area contributed by atoms with Crippen molar-refractivity contribution in [3.05, 3.63) is 12.3 Å². The van der Waals surface area contributed by atoms with Crippen LogP contribution in [-0.2, 0) is 0 Å². The fraction of sp³-hybridized carbons (Fsp3) is 0.778. The normalized spacial score (nSPS) is 26.0. The molecule has 1 unspecified atom stereocenters. The summed E-state index contributed by atoms with van der Waals surface area (Å²) in [5, 5.41) is 0. The van der Waals surface area contributed by atoms with Crippen LogP contribution in [0.2, 0.25) is 0 Å². The van der Waals surface area contributed by atoms with Crippen LogP contribution in [0.25, 0.3) is 0 Å². The smallest absolute Gasteiger partial charge is 0.0174 e. The first-order chi connectivity index (χ1) is 4.70. The van der Waals surface area contributed by atoms with Gasteiger partial charge in [0.05, 0.1) is 0 Å². The molecule has 58 valence electrons. The summed E-state index contributed by atoms with van der Waals surface area (Å²) in [6.07, 6.45) is 5.85. The molecule has 0 aromatic heterocycles. The molecule has 0 saturated heterocycles. The van der Waals surface area contributed by atoms with E-state index in [1.807, 2.05) is 0 Å². The minimum Gasteiger partial charge on any atom is -0.381 e. The summed E-state index contributed by atoms with van der Waals surface area (Å²) >= 11 is 0. The quantitative estimate of drug-likeness (QED) is 0.538. The first-order valence-electron chi connectivity index (χ1n) is 4.08. The molecular formula is C9H17N. The molecule has 0 bridgehead atoms. The van der Waals surface area contributed by atoms with Crippen LogP contribution in [0.4, 0.5) is 0 Å². The zero-order valence-electron chi connectivity index (χ0n) is 7.17. The van der Waals surface area contributed by atoms with Gasteiger partial charge in [-0.05, 0) is 24.5 Å². The molecular weight excluding hydrogens is 122 g/mol. The molecule has 0 amide bonds. The van der Waals surface area contributed by atoms with E-state index in [2.05, 4.69) is 38.1 Å². The SMILES string of the molecule is CC(C)C1C=CN(C)CC1. The third-order valence-electron chi connectivity index (χ3n) is 2.26. The average Bonchev–Trinajstić information content (AvgIpc) is 1.88. The van der Waals surface area contributed by atoms with Gasteiger partial charge < -0.3 is 4.90 Å². The Balaban J connectivity index is 2.45. The van der Waals surface area contributed by atoms with Gasteiger partial charge in [0, 0.05) is 13.6 Å². The third-order valence-corrected chi connectivity index (χ3v) is 2.26. The Hall–Kier alpha value is -0.460. The van der Waals surface area contributed by atoms with Crippen LogP contribution >= 0.6 is 0 Å². The van der Waals surface area contributed by atoms with Gasteiger partial charge in [-0.2, -0.15) is 0 Å². The first-order valence-corrected chi connectivity index (χ1v) is 4.08. The molecule has 0 fully saturated rings. The second-order valence-corrected chi connectivity index (χ2v) is 3.52. The van der Waals surface area contributed by atoms with Gasteiger partial charge in [0.25, 0.3) is 0 Å². The molecule has 1 aliphatic heterocycles. The van der Waals surface area contributed by atoms with E-state index in [4.69, 9.17) is 0 Å². The molecule has 0 spiro atoms. The highest BCUT2D eigenvalue weighted by Gasteiger charge is 2.13. The van der Waals surface area contributed by atoms with Gasteiger partial charge in [-0.25, -0.2) is 0 Å². The molecule has 1 aliphatic rings. The van der Waals surface area contributed by atoms with E-state index in [1.165, 1.54) is 13.0 Å². The molecule has 0 aliphatic carbocycles. The highest BCUT2D eigenvalue weighted by Crippen LogP contribution is 2.20. The zero-order valence-corrected chi connectivity index (χ0v) is 7.17. The summed E-state index contributed by atoms with van der Waals surface area (Å²) in [5.41, 5.74) is 0. The predicted molar refractivity (Wildman–Crippen MR) is 44.7 cm³/mol. The second-order valence-electron chi connectivity index (χ2n) is 3.52. The molecule has 1 heteroatoms. The van der Waals surface area contributed by atoms with E-state index in [0.29, 0.717) is 0 Å². The molecule has 1 nitrogen and oxygen atoms in total. The Bertz CT molecular complexity index is 127. The maximum atomic E-state index is 2.33. The first kappa shape index (κ1) is 7.64. The van der Waals surface area contributed by atoms with Crippen molar-refractivity contribution in [3.8, 4) is 0 Å². The van der Waals surface area contributed by atoms with E-state index in [-0.39, 0.29) is 0 Å². The van der Waals surface area contributed by atoms with Gasteiger partial charge in [0.1, 0.15) is 0 Å². The lowest BCUT2D eigenvalue weighted by atomic mass is 9.91. The van der Waals surface area contributed by atoms with Gasteiger partial charge in [0.2, 0.25) is 0 Å². The van der Waals surface area contributed by atoms with Crippen molar-refractivity contribution in [1.82, 2.24) is 4.90 Å². The fourth-order valence-electron chi connectivity index (χ4n) is 1.34. The van der Waals surface area contributed by atoms with Crippen molar-refractivity contribution in [3.63, 3.8) is 0 Å². The van der Waals surface area contributed by atoms with Crippen LogP contribution in [0.3, 0.4) is 0 Å². The molecule has 0 radical (unpaired) electrons. The van der Waals surface area contributed by atoms with Crippen molar-refractivity contribution in [2.45, 2.75) is 20.3 Å². The van der Waals surface area contributed by atoms with Crippen LogP contribution in [0.1, 0.15) is 20.3 Å². The van der Waals surface area contributed by atoms with Crippen LogP contribution in [-0.4, -0.2) is 18.5 Å². The van der Waals surface area contributed by atoms with Crippen molar-refractivity contribution < 1.29 is 0 Å². The van der Waals surface area contributed by atoms with Crippen molar-refractivity contribution in [2.75, 3.05) is 13.6 Å². The number of allylic oxidation sites excluding steroid dienone is 1. The van der Waals surface area contributed by atoms with Crippen LogP contribution in [0.5, 0.6) is 0 Å². The monoisotopic (exact) mass is 139 g/mol.